The molecule has 0 aromatic heterocycles. The summed E-state index contributed by atoms with van der Waals surface area (Å²) in [6, 6.07) is 17.8. The fraction of sp³-hybridized carbons (Fsp3) is 0.107. The van der Waals surface area contributed by atoms with Gasteiger partial charge in [-0.05, 0) is 54.1 Å². The van der Waals surface area contributed by atoms with E-state index in [4.69, 9.17) is 25.8 Å². The minimum Gasteiger partial charge on any atom is -0.493 e. The molecule has 0 radical (unpaired) electrons. The first-order valence-corrected chi connectivity index (χ1v) is 11.6. The summed E-state index contributed by atoms with van der Waals surface area (Å²) in [5.41, 5.74) is 1.40. The Hall–Kier alpha value is -4.56. The largest absolute Gasteiger partial charge is 0.493 e. The van der Waals surface area contributed by atoms with Crippen molar-refractivity contribution in [1.29, 1.82) is 0 Å². The van der Waals surface area contributed by atoms with Crippen LogP contribution in [0.1, 0.15) is 11.1 Å². The van der Waals surface area contributed by atoms with Crippen molar-refractivity contribution in [2.24, 2.45) is 0 Å². The quantitative estimate of drug-likeness (QED) is 0.239. The molecule has 1 fully saturated rings. The first kappa shape index (κ1) is 25.5. The number of urea groups is 1. The summed E-state index contributed by atoms with van der Waals surface area (Å²) < 4.78 is 16.6. The van der Waals surface area contributed by atoms with Gasteiger partial charge in [0.1, 0.15) is 24.5 Å². The second-order valence-electron chi connectivity index (χ2n) is 7.84. The highest BCUT2D eigenvalue weighted by Gasteiger charge is 2.36. The number of hydrogen-bond acceptors (Lipinski definition) is 6. The molecule has 8 nitrogen and oxygen atoms in total. The van der Waals surface area contributed by atoms with Crippen molar-refractivity contribution in [2.75, 3.05) is 18.6 Å². The zero-order valence-corrected chi connectivity index (χ0v) is 20.7. The van der Waals surface area contributed by atoms with E-state index in [2.05, 4.69) is 11.9 Å². The van der Waals surface area contributed by atoms with E-state index in [1.165, 1.54) is 13.2 Å². The van der Waals surface area contributed by atoms with Crippen molar-refractivity contribution in [3.05, 3.63) is 101 Å². The molecular formula is C28H23ClN2O6. The minimum absolute atomic E-state index is 0.208. The summed E-state index contributed by atoms with van der Waals surface area (Å²) in [5.74, 6) is -0.134. The number of benzene rings is 3. The second-order valence-corrected chi connectivity index (χ2v) is 8.25. The van der Waals surface area contributed by atoms with Crippen LogP contribution in [0.2, 0.25) is 5.02 Å². The molecule has 0 spiro atoms. The maximum Gasteiger partial charge on any atom is 0.335 e. The van der Waals surface area contributed by atoms with Crippen LogP contribution < -0.4 is 24.4 Å². The predicted molar refractivity (Wildman–Crippen MR) is 140 cm³/mol. The van der Waals surface area contributed by atoms with Crippen LogP contribution in [0.15, 0.2) is 85.0 Å². The summed E-state index contributed by atoms with van der Waals surface area (Å²) in [7, 11) is 1.48. The zero-order valence-electron chi connectivity index (χ0n) is 19.9. The van der Waals surface area contributed by atoms with Gasteiger partial charge in [0.15, 0.2) is 11.5 Å². The lowest BCUT2D eigenvalue weighted by Crippen LogP contribution is -2.54. The summed E-state index contributed by atoms with van der Waals surface area (Å²) in [5, 5.41) is 2.80. The number of hydrogen-bond donors (Lipinski definition) is 1. The summed E-state index contributed by atoms with van der Waals surface area (Å²) in [6.07, 6.45) is 2.99. The number of anilines is 1. The molecule has 1 aliphatic heterocycles. The first-order chi connectivity index (χ1) is 17.9. The van der Waals surface area contributed by atoms with Crippen LogP contribution in [-0.2, 0) is 16.2 Å². The van der Waals surface area contributed by atoms with Crippen molar-refractivity contribution in [3.8, 4) is 17.2 Å². The number of rotatable bonds is 9. The third-order valence-corrected chi connectivity index (χ3v) is 5.77. The van der Waals surface area contributed by atoms with E-state index in [0.717, 1.165) is 10.5 Å². The highest BCUT2D eigenvalue weighted by molar-refractivity contribution is 6.39. The number of halogens is 1. The van der Waals surface area contributed by atoms with Crippen molar-refractivity contribution in [1.82, 2.24) is 5.32 Å². The molecule has 1 N–H and O–H groups in total. The van der Waals surface area contributed by atoms with Gasteiger partial charge in [0.2, 0.25) is 0 Å². The van der Waals surface area contributed by atoms with Gasteiger partial charge in [-0.15, -0.1) is 0 Å². The molecule has 188 valence electrons. The van der Waals surface area contributed by atoms with Gasteiger partial charge in [-0.1, -0.05) is 48.5 Å². The lowest BCUT2D eigenvalue weighted by atomic mass is 10.1. The van der Waals surface area contributed by atoms with Crippen LogP contribution >= 0.6 is 11.6 Å². The van der Waals surface area contributed by atoms with Crippen LogP contribution in [0.3, 0.4) is 0 Å². The minimum atomic E-state index is -0.845. The van der Waals surface area contributed by atoms with Crippen molar-refractivity contribution in [3.63, 3.8) is 0 Å². The Morgan fingerprint density at radius 3 is 2.43 bits per heavy atom. The van der Waals surface area contributed by atoms with Gasteiger partial charge < -0.3 is 14.2 Å². The standard InChI is InChI=1S/C28H23ClN2O6/c1-3-14-36-24-13-8-18(16-25(24)35-2)15-22-26(32)30-28(34)31(27(22)33)20-9-11-21(12-10-20)37-17-19-6-4-5-7-23(19)29/h3-13,15-16H,1,14,17H2,2H3,(H,30,32,34)/b22-15+. The van der Waals surface area contributed by atoms with E-state index in [-0.39, 0.29) is 17.9 Å². The van der Waals surface area contributed by atoms with Gasteiger partial charge in [0.05, 0.1) is 12.8 Å². The molecule has 0 saturated carbocycles. The number of barbiturate groups is 1. The number of amides is 4. The highest BCUT2D eigenvalue weighted by Crippen LogP contribution is 2.30. The average Bonchev–Trinajstić information content (AvgIpc) is 2.90. The Balaban J connectivity index is 1.54. The number of carbonyl (C=O) groups excluding carboxylic acids is 3. The van der Waals surface area contributed by atoms with Crippen LogP contribution in [0.5, 0.6) is 17.2 Å². The van der Waals surface area contributed by atoms with E-state index in [1.54, 1.807) is 54.6 Å². The maximum absolute atomic E-state index is 13.2. The van der Waals surface area contributed by atoms with E-state index in [0.29, 0.717) is 34.4 Å². The number of nitrogens with zero attached hydrogens (tertiary/aromatic N) is 1. The monoisotopic (exact) mass is 518 g/mol. The van der Waals surface area contributed by atoms with Crippen LogP contribution in [0.25, 0.3) is 6.08 Å². The number of ether oxygens (including phenoxy) is 3. The molecular weight excluding hydrogens is 496 g/mol. The fourth-order valence-corrected chi connectivity index (χ4v) is 3.76. The van der Waals surface area contributed by atoms with E-state index >= 15 is 0 Å². The Bertz CT molecular complexity index is 1380. The fourth-order valence-electron chi connectivity index (χ4n) is 3.57. The lowest BCUT2D eigenvalue weighted by Gasteiger charge is -2.26. The molecule has 3 aromatic rings. The number of methoxy groups -OCH3 is 1. The molecule has 1 saturated heterocycles. The second kappa shape index (κ2) is 11.5. The Kier molecular flexibility index (Phi) is 7.90. The van der Waals surface area contributed by atoms with Gasteiger partial charge in [0.25, 0.3) is 11.8 Å². The Labute approximate surface area is 218 Å². The maximum atomic E-state index is 13.2. The van der Waals surface area contributed by atoms with E-state index < -0.39 is 17.8 Å². The lowest BCUT2D eigenvalue weighted by molar-refractivity contribution is -0.122. The smallest absolute Gasteiger partial charge is 0.335 e. The SMILES string of the molecule is C=CCOc1ccc(/C=C2\C(=O)NC(=O)N(c3ccc(OCc4ccccc4Cl)cc3)C2=O)cc1OC. The highest BCUT2D eigenvalue weighted by atomic mass is 35.5. The number of imide groups is 2. The molecule has 3 aromatic carbocycles. The van der Waals surface area contributed by atoms with Crippen LogP contribution in [0.4, 0.5) is 10.5 Å². The normalized spacial score (nSPS) is 14.4. The van der Waals surface area contributed by atoms with Crippen LogP contribution in [-0.4, -0.2) is 31.6 Å². The average molecular weight is 519 g/mol. The van der Waals surface area contributed by atoms with E-state index in [1.807, 2.05) is 18.2 Å². The summed E-state index contributed by atoms with van der Waals surface area (Å²) >= 11 is 6.16. The summed E-state index contributed by atoms with van der Waals surface area (Å²) in [4.78, 5) is 39.2. The molecule has 4 rings (SSSR count). The topological polar surface area (TPSA) is 94.2 Å². The molecule has 0 bridgehead atoms. The molecule has 0 atom stereocenters. The molecule has 1 aliphatic rings. The van der Waals surface area contributed by atoms with Crippen molar-refractivity contribution < 1.29 is 28.6 Å². The van der Waals surface area contributed by atoms with Gasteiger partial charge in [-0.25, -0.2) is 9.69 Å². The predicted octanol–water partition coefficient (Wildman–Crippen LogP) is 5.16. The van der Waals surface area contributed by atoms with E-state index in [9.17, 15) is 14.4 Å². The summed E-state index contributed by atoms with van der Waals surface area (Å²) in [6.45, 7) is 4.15. The van der Waals surface area contributed by atoms with Gasteiger partial charge in [-0.3, -0.25) is 14.9 Å². The third-order valence-electron chi connectivity index (χ3n) is 5.40. The van der Waals surface area contributed by atoms with Crippen LogP contribution in [0, 0.1) is 0 Å². The Morgan fingerprint density at radius 2 is 1.73 bits per heavy atom. The molecule has 1 heterocycles. The van der Waals surface area contributed by atoms with Crippen molar-refractivity contribution in [2.45, 2.75) is 6.61 Å². The third kappa shape index (κ3) is 5.82. The number of carbonyl (C=O) groups is 3. The molecule has 0 unspecified atom stereocenters. The molecule has 0 aliphatic carbocycles. The molecule has 9 heteroatoms. The zero-order chi connectivity index (χ0) is 26.4. The van der Waals surface area contributed by atoms with Gasteiger partial charge in [0, 0.05) is 10.6 Å². The molecule has 4 amide bonds. The Morgan fingerprint density at radius 1 is 0.973 bits per heavy atom. The van der Waals surface area contributed by atoms with Gasteiger partial charge in [-0.2, -0.15) is 0 Å². The van der Waals surface area contributed by atoms with Crippen molar-refractivity contribution >= 4 is 41.2 Å². The van der Waals surface area contributed by atoms with Gasteiger partial charge >= 0.3 is 6.03 Å². The first-order valence-electron chi connectivity index (χ1n) is 11.2. The number of nitrogens with one attached hydrogen (secondary N) is 1. The molecule has 37 heavy (non-hydrogen) atoms.